The van der Waals surface area contributed by atoms with Crippen LogP contribution in [0.2, 0.25) is 0 Å². The van der Waals surface area contributed by atoms with Gasteiger partial charge in [-0.25, -0.2) is 0 Å². The zero-order valence-corrected chi connectivity index (χ0v) is 11.0. The van der Waals surface area contributed by atoms with E-state index in [9.17, 15) is 4.79 Å². The minimum atomic E-state index is 0.121. The molecule has 3 N–H and O–H groups in total. The Labute approximate surface area is 111 Å². The van der Waals surface area contributed by atoms with Crippen LogP contribution in [0.5, 0.6) is 5.75 Å². The van der Waals surface area contributed by atoms with Crippen LogP contribution in [0.15, 0.2) is 24.3 Å². The Bertz CT molecular complexity index is 388. The van der Waals surface area contributed by atoms with Crippen molar-refractivity contribution in [2.45, 2.75) is 6.42 Å². The smallest absolute Gasteiger partial charge is 0.228 e. The first-order valence-electron chi connectivity index (χ1n) is 6.11. The molecule has 1 unspecified atom stereocenters. The molecule has 0 aliphatic carbocycles. The first-order valence-corrected chi connectivity index (χ1v) is 7.26. The second-order valence-electron chi connectivity index (χ2n) is 4.21. The lowest BCUT2D eigenvalue weighted by Gasteiger charge is -2.10. The first-order chi connectivity index (χ1) is 8.79. The third-order valence-electron chi connectivity index (χ3n) is 2.81. The largest absolute Gasteiger partial charge is 0.492 e. The highest BCUT2D eigenvalue weighted by Crippen LogP contribution is 2.25. The number of carbonyl (C=O) groups is 1. The quantitative estimate of drug-likeness (QED) is 0.851. The highest BCUT2D eigenvalue weighted by molar-refractivity contribution is 7.99. The Morgan fingerprint density at radius 3 is 2.83 bits per heavy atom. The normalized spacial score (nSPS) is 18.6. The third-order valence-corrected chi connectivity index (χ3v) is 3.97. The van der Waals surface area contributed by atoms with Crippen LogP contribution in [0.25, 0.3) is 0 Å². The van der Waals surface area contributed by atoms with Gasteiger partial charge in [0.25, 0.3) is 0 Å². The number of ether oxygens (including phenoxy) is 1. The Kier molecular flexibility index (Phi) is 4.90. The Hall–Kier alpha value is -1.20. The molecule has 0 aromatic heterocycles. The molecule has 1 atom stereocenters. The van der Waals surface area contributed by atoms with Crippen LogP contribution >= 0.6 is 11.8 Å². The van der Waals surface area contributed by atoms with Crippen molar-refractivity contribution in [3.05, 3.63) is 24.3 Å². The highest BCUT2D eigenvalue weighted by Gasteiger charge is 2.22. The molecule has 1 amide bonds. The molecular weight excluding hydrogens is 248 g/mol. The minimum absolute atomic E-state index is 0.121. The number of anilines is 1. The maximum absolute atomic E-state index is 11.9. The molecule has 0 radical (unpaired) electrons. The molecule has 1 fully saturated rings. The van der Waals surface area contributed by atoms with Crippen molar-refractivity contribution in [1.82, 2.24) is 0 Å². The number of thioether (sulfide) groups is 1. The topological polar surface area (TPSA) is 64.3 Å². The van der Waals surface area contributed by atoms with Crippen molar-refractivity contribution in [3.63, 3.8) is 0 Å². The van der Waals surface area contributed by atoms with E-state index in [1.807, 2.05) is 36.0 Å². The van der Waals surface area contributed by atoms with Gasteiger partial charge in [-0.1, -0.05) is 0 Å². The predicted molar refractivity (Wildman–Crippen MR) is 75.1 cm³/mol. The Morgan fingerprint density at radius 1 is 1.44 bits per heavy atom. The van der Waals surface area contributed by atoms with E-state index in [-0.39, 0.29) is 11.8 Å². The zero-order chi connectivity index (χ0) is 12.8. The molecular formula is C13H18N2O2S. The van der Waals surface area contributed by atoms with Gasteiger partial charge < -0.3 is 15.8 Å². The average molecular weight is 266 g/mol. The lowest BCUT2D eigenvalue weighted by molar-refractivity contribution is -0.119. The average Bonchev–Trinajstić information content (AvgIpc) is 2.92. The van der Waals surface area contributed by atoms with Crippen molar-refractivity contribution >= 4 is 23.4 Å². The summed E-state index contributed by atoms with van der Waals surface area (Å²) < 4.78 is 5.37. The molecule has 5 heteroatoms. The number of benzene rings is 1. The van der Waals surface area contributed by atoms with E-state index in [4.69, 9.17) is 10.5 Å². The molecule has 1 aromatic carbocycles. The number of nitrogens with two attached hydrogens (primary N) is 1. The molecule has 1 aliphatic heterocycles. The fourth-order valence-corrected chi connectivity index (χ4v) is 3.02. The summed E-state index contributed by atoms with van der Waals surface area (Å²) in [6.07, 6.45) is 0.980. The van der Waals surface area contributed by atoms with Gasteiger partial charge in [0.15, 0.2) is 0 Å². The van der Waals surface area contributed by atoms with E-state index in [1.54, 1.807) is 0 Å². The van der Waals surface area contributed by atoms with Gasteiger partial charge in [0.05, 0.1) is 0 Å². The number of hydrogen-bond acceptors (Lipinski definition) is 4. The number of nitrogens with one attached hydrogen (secondary N) is 1. The molecule has 1 aliphatic rings. The van der Waals surface area contributed by atoms with Crippen LogP contribution in [0.4, 0.5) is 5.69 Å². The summed E-state index contributed by atoms with van der Waals surface area (Å²) in [6.45, 7) is 1.00. The molecule has 0 spiro atoms. The van der Waals surface area contributed by atoms with E-state index in [0.717, 1.165) is 29.4 Å². The van der Waals surface area contributed by atoms with E-state index >= 15 is 0 Å². The van der Waals surface area contributed by atoms with Crippen LogP contribution in [-0.2, 0) is 4.79 Å². The SMILES string of the molecule is NCCOc1ccc(NC(=O)C2CCSC2)cc1. The van der Waals surface area contributed by atoms with Crippen molar-refractivity contribution in [2.24, 2.45) is 11.7 Å². The summed E-state index contributed by atoms with van der Waals surface area (Å²) in [5, 5.41) is 2.93. The fourth-order valence-electron chi connectivity index (χ4n) is 1.80. The number of rotatable bonds is 5. The van der Waals surface area contributed by atoms with Crippen LogP contribution in [0, 0.1) is 5.92 Å². The second kappa shape index (κ2) is 6.66. The van der Waals surface area contributed by atoms with E-state index < -0.39 is 0 Å². The van der Waals surface area contributed by atoms with Gasteiger partial charge in [-0.2, -0.15) is 11.8 Å². The van der Waals surface area contributed by atoms with Crippen LogP contribution in [-0.4, -0.2) is 30.6 Å². The van der Waals surface area contributed by atoms with Gasteiger partial charge in [-0.05, 0) is 36.4 Å². The van der Waals surface area contributed by atoms with E-state index in [2.05, 4.69) is 5.32 Å². The van der Waals surface area contributed by atoms with Crippen molar-refractivity contribution < 1.29 is 9.53 Å². The van der Waals surface area contributed by atoms with Crippen LogP contribution in [0.3, 0.4) is 0 Å². The molecule has 0 bridgehead atoms. The van der Waals surface area contributed by atoms with Crippen molar-refractivity contribution in [1.29, 1.82) is 0 Å². The third kappa shape index (κ3) is 3.65. The monoisotopic (exact) mass is 266 g/mol. The number of carbonyl (C=O) groups excluding carboxylic acids is 1. The molecule has 1 heterocycles. The van der Waals surface area contributed by atoms with Gasteiger partial charge >= 0.3 is 0 Å². The van der Waals surface area contributed by atoms with Crippen molar-refractivity contribution in [2.75, 3.05) is 30.0 Å². The molecule has 4 nitrogen and oxygen atoms in total. The number of hydrogen-bond donors (Lipinski definition) is 2. The molecule has 1 saturated heterocycles. The van der Waals surface area contributed by atoms with Crippen molar-refractivity contribution in [3.8, 4) is 5.75 Å². The van der Waals surface area contributed by atoms with Gasteiger partial charge in [-0.15, -0.1) is 0 Å². The lowest BCUT2D eigenvalue weighted by Crippen LogP contribution is -2.22. The lowest BCUT2D eigenvalue weighted by atomic mass is 10.1. The van der Waals surface area contributed by atoms with Crippen LogP contribution in [0.1, 0.15) is 6.42 Å². The van der Waals surface area contributed by atoms with Gasteiger partial charge in [-0.3, -0.25) is 4.79 Å². The summed E-state index contributed by atoms with van der Waals surface area (Å²) in [7, 11) is 0. The van der Waals surface area contributed by atoms with Gasteiger partial charge in [0.1, 0.15) is 12.4 Å². The van der Waals surface area contributed by atoms with Gasteiger partial charge in [0, 0.05) is 23.9 Å². The van der Waals surface area contributed by atoms with Gasteiger partial charge in [0.2, 0.25) is 5.91 Å². The standard InChI is InChI=1S/C13H18N2O2S/c14-6-7-17-12-3-1-11(2-4-12)15-13(16)10-5-8-18-9-10/h1-4,10H,5-9,14H2,(H,15,16). The van der Waals surface area contributed by atoms with E-state index in [1.165, 1.54) is 0 Å². The summed E-state index contributed by atoms with van der Waals surface area (Å²) in [6, 6.07) is 7.39. The maximum Gasteiger partial charge on any atom is 0.228 e. The number of amides is 1. The predicted octanol–water partition coefficient (Wildman–Crippen LogP) is 1.72. The molecule has 18 heavy (non-hydrogen) atoms. The Morgan fingerprint density at radius 2 is 2.22 bits per heavy atom. The summed E-state index contributed by atoms with van der Waals surface area (Å²) in [4.78, 5) is 11.9. The van der Waals surface area contributed by atoms with E-state index in [0.29, 0.717) is 13.2 Å². The molecule has 0 saturated carbocycles. The summed E-state index contributed by atoms with van der Waals surface area (Å²) >= 11 is 1.84. The van der Waals surface area contributed by atoms with Crippen LogP contribution < -0.4 is 15.8 Å². The molecule has 2 rings (SSSR count). The zero-order valence-electron chi connectivity index (χ0n) is 10.2. The fraction of sp³-hybridized carbons (Fsp3) is 0.462. The maximum atomic E-state index is 11.9. The molecule has 98 valence electrons. The molecule has 1 aromatic rings. The summed E-state index contributed by atoms with van der Waals surface area (Å²) in [5.74, 6) is 3.07. The highest BCUT2D eigenvalue weighted by atomic mass is 32.2. The first kappa shape index (κ1) is 13.2. The Balaban J connectivity index is 1.87. The minimum Gasteiger partial charge on any atom is -0.492 e. The second-order valence-corrected chi connectivity index (χ2v) is 5.36. The summed E-state index contributed by atoms with van der Waals surface area (Å²) in [5.41, 5.74) is 6.17.